The number of aromatic nitrogens is 3. The first-order valence-corrected chi connectivity index (χ1v) is 6.87. The van der Waals surface area contributed by atoms with Crippen LogP contribution in [-0.4, -0.2) is 27.8 Å². The Bertz CT molecular complexity index is 841. The van der Waals surface area contributed by atoms with E-state index in [0.717, 1.165) is 27.8 Å². The van der Waals surface area contributed by atoms with Gasteiger partial charge in [-0.2, -0.15) is 5.10 Å². The monoisotopic (exact) mass is 296 g/mol. The fourth-order valence-corrected chi connectivity index (χ4v) is 2.38. The molecule has 2 N–H and O–H groups in total. The number of fused-ring (bicyclic) bond motifs is 1. The molecule has 22 heavy (non-hydrogen) atoms. The molecule has 0 saturated carbocycles. The van der Waals surface area contributed by atoms with Crippen molar-refractivity contribution in [2.75, 3.05) is 7.11 Å². The van der Waals surface area contributed by atoms with E-state index in [1.807, 2.05) is 30.5 Å². The molecule has 6 nitrogen and oxygen atoms in total. The summed E-state index contributed by atoms with van der Waals surface area (Å²) in [6.45, 7) is 1.72. The van der Waals surface area contributed by atoms with Crippen molar-refractivity contribution < 1.29 is 9.53 Å². The molecule has 3 aromatic rings. The lowest BCUT2D eigenvalue weighted by molar-refractivity contribution is -0.120. The van der Waals surface area contributed by atoms with Gasteiger partial charge < -0.3 is 10.5 Å². The van der Waals surface area contributed by atoms with Gasteiger partial charge in [0.1, 0.15) is 17.3 Å². The lowest BCUT2D eigenvalue weighted by Crippen LogP contribution is -2.24. The predicted octanol–water partition coefficient (Wildman–Crippen LogP) is 2.15. The fraction of sp³-hybridized carbons (Fsp3) is 0.188. The van der Waals surface area contributed by atoms with Crippen molar-refractivity contribution in [2.45, 2.75) is 13.0 Å². The normalized spacial score (nSPS) is 12.3. The summed E-state index contributed by atoms with van der Waals surface area (Å²) in [6, 6.07) is 7.20. The number of methoxy groups -OCH3 is 1. The lowest BCUT2D eigenvalue weighted by Gasteiger charge is -2.09. The van der Waals surface area contributed by atoms with Crippen LogP contribution < -0.4 is 10.5 Å². The Morgan fingerprint density at radius 3 is 2.91 bits per heavy atom. The minimum atomic E-state index is -0.489. The van der Waals surface area contributed by atoms with Crippen LogP contribution in [0.5, 0.6) is 5.75 Å². The molecular formula is C16H16N4O2. The number of primary amides is 1. The van der Waals surface area contributed by atoms with Gasteiger partial charge >= 0.3 is 0 Å². The number of carbonyl (C=O) groups excluding carboxylic acids is 1. The maximum absolute atomic E-state index is 11.3. The number of rotatable bonds is 4. The standard InChI is InChI=1S/C16H16N4O2/c1-10(16(17)21)20-9-11(8-19-20)12-5-6-14(22-2)15-13(12)4-3-7-18-15/h3-10H,1-2H3,(H2,17,21). The summed E-state index contributed by atoms with van der Waals surface area (Å²) in [6.07, 6.45) is 5.25. The van der Waals surface area contributed by atoms with Crippen LogP contribution in [0.1, 0.15) is 13.0 Å². The second-order valence-electron chi connectivity index (χ2n) is 5.00. The Morgan fingerprint density at radius 1 is 1.36 bits per heavy atom. The highest BCUT2D eigenvalue weighted by molar-refractivity contribution is 5.97. The Morgan fingerprint density at radius 2 is 2.18 bits per heavy atom. The van der Waals surface area contributed by atoms with Gasteiger partial charge in [-0.15, -0.1) is 0 Å². The molecule has 0 bridgehead atoms. The average molecular weight is 296 g/mol. The van der Waals surface area contributed by atoms with Crippen molar-refractivity contribution in [2.24, 2.45) is 5.73 Å². The summed E-state index contributed by atoms with van der Waals surface area (Å²) in [5.41, 5.74) is 7.98. The van der Waals surface area contributed by atoms with Crippen molar-refractivity contribution in [3.63, 3.8) is 0 Å². The highest BCUT2D eigenvalue weighted by Gasteiger charge is 2.15. The number of nitrogens with zero attached hydrogens (tertiary/aromatic N) is 3. The van der Waals surface area contributed by atoms with E-state index >= 15 is 0 Å². The number of hydrogen-bond acceptors (Lipinski definition) is 4. The average Bonchev–Trinajstić information content (AvgIpc) is 3.02. The smallest absolute Gasteiger partial charge is 0.241 e. The summed E-state index contributed by atoms with van der Waals surface area (Å²) in [5.74, 6) is 0.299. The Labute approximate surface area is 127 Å². The molecule has 0 aliphatic heterocycles. The van der Waals surface area contributed by atoms with Crippen molar-refractivity contribution in [3.8, 4) is 16.9 Å². The third-order valence-corrected chi connectivity index (χ3v) is 3.67. The fourth-order valence-electron chi connectivity index (χ4n) is 2.38. The molecule has 112 valence electrons. The molecule has 0 saturated heterocycles. The van der Waals surface area contributed by atoms with Crippen molar-refractivity contribution in [3.05, 3.63) is 42.9 Å². The first-order valence-electron chi connectivity index (χ1n) is 6.87. The van der Waals surface area contributed by atoms with Gasteiger partial charge in [0.2, 0.25) is 5.91 Å². The molecule has 0 spiro atoms. The van der Waals surface area contributed by atoms with Crippen molar-refractivity contribution >= 4 is 16.8 Å². The van der Waals surface area contributed by atoms with E-state index in [2.05, 4.69) is 10.1 Å². The summed E-state index contributed by atoms with van der Waals surface area (Å²) in [5, 5.41) is 5.19. The number of nitrogens with two attached hydrogens (primary N) is 1. The van der Waals surface area contributed by atoms with Gasteiger partial charge in [-0.05, 0) is 30.7 Å². The zero-order valence-corrected chi connectivity index (χ0v) is 12.4. The second-order valence-corrected chi connectivity index (χ2v) is 5.00. The Kier molecular flexibility index (Phi) is 3.50. The number of amides is 1. The van der Waals surface area contributed by atoms with E-state index < -0.39 is 11.9 Å². The van der Waals surface area contributed by atoms with Gasteiger partial charge in [-0.1, -0.05) is 6.07 Å². The summed E-state index contributed by atoms with van der Waals surface area (Å²) in [7, 11) is 1.62. The molecule has 1 atom stereocenters. The quantitative estimate of drug-likeness (QED) is 0.799. The second kappa shape index (κ2) is 5.48. The zero-order valence-electron chi connectivity index (χ0n) is 12.4. The van der Waals surface area contributed by atoms with E-state index in [0.29, 0.717) is 0 Å². The molecule has 0 fully saturated rings. The van der Waals surface area contributed by atoms with Gasteiger partial charge in [-0.3, -0.25) is 14.5 Å². The van der Waals surface area contributed by atoms with Crippen LogP contribution in [0.15, 0.2) is 42.9 Å². The van der Waals surface area contributed by atoms with Gasteiger partial charge in [0, 0.05) is 23.3 Å². The molecule has 6 heteroatoms. The van der Waals surface area contributed by atoms with E-state index in [9.17, 15) is 4.79 Å². The van der Waals surface area contributed by atoms with E-state index in [-0.39, 0.29) is 0 Å². The number of pyridine rings is 1. The summed E-state index contributed by atoms with van der Waals surface area (Å²) >= 11 is 0. The first kappa shape index (κ1) is 14.1. The Balaban J connectivity index is 2.13. The topological polar surface area (TPSA) is 83.0 Å². The minimum absolute atomic E-state index is 0.420. The SMILES string of the molecule is COc1ccc(-c2cnn(C(C)C(N)=O)c2)c2cccnc12. The lowest BCUT2D eigenvalue weighted by atomic mass is 10.0. The van der Waals surface area contributed by atoms with Crippen molar-refractivity contribution in [1.82, 2.24) is 14.8 Å². The van der Waals surface area contributed by atoms with Gasteiger partial charge in [-0.25, -0.2) is 0 Å². The minimum Gasteiger partial charge on any atom is -0.494 e. The number of hydrogen-bond donors (Lipinski definition) is 1. The summed E-state index contributed by atoms with van der Waals surface area (Å²) < 4.78 is 6.91. The van der Waals surface area contributed by atoms with Gasteiger partial charge in [0.25, 0.3) is 0 Å². The molecule has 0 aliphatic rings. The van der Waals surface area contributed by atoms with Crippen LogP contribution >= 0.6 is 0 Å². The third kappa shape index (κ3) is 2.28. The largest absolute Gasteiger partial charge is 0.494 e. The predicted molar refractivity (Wildman–Crippen MR) is 83.4 cm³/mol. The summed E-state index contributed by atoms with van der Waals surface area (Å²) in [4.78, 5) is 15.7. The molecule has 0 aliphatic carbocycles. The van der Waals surface area contributed by atoms with Crippen LogP contribution in [0, 0.1) is 0 Å². The molecule has 1 aromatic carbocycles. The number of carbonyl (C=O) groups is 1. The van der Waals surface area contributed by atoms with Crippen molar-refractivity contribution in [1.29, 1.82) is 0 Å². The molecular weight excluding hydrogens is 280 g/mol. The molecule has 3 rings (SSSR count). The molecule has 1 amide bonds. The third-order valence-electron chi connectivity index (χ3n) is 3.67. The van der Waals surface area contributed by atoms with Crippen LogP contribution in [-0.2, 0) is 4.79 Å². The number of benzene rings is 1. The van der Waals surface area contributed by atoms with Gasteiger partial charge in [0.15, 0.2) is 0 Å². The Hall–Kier alpha value is -2.89. The number of ether oxygens (including phenoxy) is 1. The molecule has 2 aromatic heterocycles. The zero-order chi connectivity index (χ0) is 15.7. The van der Waals surface area contributed by atoms with Crippen LogP contribution in [0.25, 0.3) is 22.0 Å². The first-order chi connectivity index (χ1) is 10.6. The van der Waals surface area contributed by atoms with Gasteiger partial charge in [0.05, 0.1) is 13.3 Å². The van der Waals surface area contributed by atoms with Crippen LogP contribution in [0.3, 0.4) is 0 Å². The van der Waals surface area contributed by atoms with E-state index in [1.54, 1.807) is 31.1 Å². The van der Waals surface area contributed by atoms with E-state index in [1.165, 1.54) is 0 Å². The molecule has 1 unspecified atom stereocenters. The van der Waals surface area contributed by atoms with Crippen LogP contribution in [0.4, 0.5) is 0 Å². The molecule has 2 heterocycles. The van der Waals surface area contributed by atoms with Crippen LogP contribution in [0.2, 0.25) is 0 Å². The molecule has 0 radical (unpaired) electrons. The maximum atomic E-state index is 11.3. The van der Waals surface area contributed by atoms with E-state index in [4.69, 9.17) is 10.5 Å². The maximum Gasteiger partial charge on any atom is 0.241 e. The highest BCUT2D eigenvalue weighted by Crippen LogP contribution is 2.33. The highest BCUT2D eigenvalue weighted by atomic mass is 16.5.